The van der Waals surface area contributed by atoms with Gasteiger partial charge in [-0.2, -0.15) is 0 Å². The summed E-state index contributed by atoms with van der Waals surface area (Å²) in [4.78, 5) is 0. The van der Waals surface area contributed by atoms with Crippen LogP contribution in [0.5, 0.6) is 0 Å². The molecule has 0 spiro atoms. The topological polar surface area (TPSA) is 0 Å². The van der Waals surface area contributed by atoms with Crippen LogP contribution in [0.3, 0.4) is 0 Å². The van der Waals surface area contributed by atoms with Gasteiger partial charge in [0.1, 0.15) is 0 Å². The van der Waals surface area contributed by atoms with E-state index in [9.17, 15) is 0 Å². The molecule has 0 radical (unpaired) electrons. The van der Waals surface area contributed by atoms with E-state index >= 15 is 0 Å². The second-order valence-electron chi connectivity index (χ2n) is 1.08. The first-order valence-corrected chi connectivity index (χ1v) is 14.4. The molecule has 0 atom stereocenters. The Kier molecular flexibility index (Phi) is 4.95. The number of rotatable bonds is 2. The van der Waals surface area contributed by atoms with Crippen molar-refractivity contribution in [2.45, 2.75) is 5.25 Å². The van der Waals surface area contributed by atoms with Crippen LogP contribution in [0, 0.1) is 0 Å². The molecule has 30 valence electrons. The molecule has 0 aromatic heterocycles. The molecule has 0 heterocycles. The minimum atomic E-state index is 0.109. The summed E-state index contributed by atoms with van der Waals surface area (Å²) in [6, 6.07) is 0. The predicted molar refractivity (Wildman–Crippen MR) is 33.5 cm³/mol. The molecule has 0 amide bonds. The van der Waals surface area contributed by atoms with Crippen LogP contribution in [-0.4, -0.2) is 23.5 Å². The van der Waals surface area contributed by atoms with Gasteiger partial charge in [-0.3, -0.25) is 0 Å². The zero-order valence-corrected chi connectivity index (χ0v) is 8.67. The van der Waals surface area contributed by atoms with Gasteiger partial charge in [0.25, 0.3) is 0 Å². The fourth-order valence-corrected chi connectivity index (χ4v) is 3.18. The van der Waals surface area contributed by atoms with Gasteiger partial charge < -0.3 is 0 Å². The Bertz CT molecular complexity index is 28.1. The Morgan fingerprint density at radius 3 is 2.60 bits per heavy atom. The van der Waals surface area contributed by atoms with Gasteiger partial charge in [0.05, 0.1) is 0 Å². The molecular weight excluding hydrogens is 137 g/mol. The molecule has 0 unspecified atom stereocenters. The molecule has 0 rings (SSSR count). The average Bonchev–Trinajstić information content (AvgIpc) is 1.41. The van der Waals surface area contributed by atoms with Gasteiger partial charge in [-0.25, -0.2) is 0 Å². The van der Waals surface area contributed by atoms with Gasteiger partial charge in [-0.05, 0) is 0 Å². The molecule has 0 aromatic rings. The van der Waals surface area contributed by atoms with Crippen LogP contribution >= 0.6 is 0 Å². The Morgan fingerprint density at radius 1 is 2.00 bits per heavy atom. The molecular formula is C3H10GeSi. The molecule has 0 aliphatic heterocycles. The van der Waals surface area contributed by atoms with Gasteiger partial charge in [0.15, 0.2) is 0 Å². The molecule has 0 bridgehead atoms. The van der Waals surface area contributed by atoms with E-state index in [4.69, 9.17) is 0 Å². The van der Waals surface area contributed by atoms with E-state index in [1.54, 1.807) is 0 Å². The molecule has 0 aliphatic rings. The van der Waals surface area contributed by atoms with Crippen molar-refractivity contribution in [1.29, 1.82) is 0 Å². The van der Waals surface area contributed by atoms with Crippen molar-refractivity contribution in [3.63, 3.8) is 0 Å². The van der Waals surface area contributed by atoms with Crippen LogP contribution in [0.4, 0.5) is 0 Å². The van der Waals surface area contributed by atoms with E-state index in [1.807, 2.05) is 6.08 Å². The van der Waals surface area contributed by atoms with E-state index in [2.05, 4.69) is 6.58 Å². The quantitative estimate of drug-likeness (QED) is 0.348. The first-order chi connectivity index (χ1) is 2.41. The van der Waals surface area contributed by atoms with E-state index in [0.29, 0.717) is 0 Å². The van der Waals surface area contributed by atoms with Crippen molar-refractivity contribution in [2.75, 3.05) is 0 Å². The fourth-order valence-electron chi connectivity index (χ4n) is 0.204. The molecule has 0 nitrogen and oxygen atoms in total. The van der Waals surface area contributed by atoms with Crippen molar-refractivity contribution in [1.82, 2.24) is 0 Å². The monoisotopic (exact) mass is 148 g/mol. The number of hydrogen-bond donors (Lipinski definition) is 0. The van der Waals surface area contributed by atoms with Crippen LogP contribution in [0.1, 0.15) is 0 Å². The van der Waals surface area contributed by atoms with Crippen molar-refractivity contribution in [2.24, 2.45) is 0 Å². The Balaban J connectivity index is 2.40. The molecule has 0 N–H and O–H groups in total. The van der Waals surface area contributed by atoms with E-state index in [0.717, 1.165) is 0 Å². The molecule has 5 heavy (non-hydrogen) atoms. The third kappa shape index (κ3) is 4.50. The maximum absolute atomic E-state index is 3.62. The van der Waals surface area contributed by atoms with Crippen LogP contribution in [0.2, 0.25) is 5.25 Å². The van der Waals surface area contributed by atoms with Gasteiger partial charge in [0, 0.05) is 0 Å². The van der Waals surface area contributed by atoms with Crippen LogP contribution in [0.25, 0.3) is 0 Å². The van der Waals surface area contributed by atoms with Crippen molar-refractivity contribution in [3.8, 4) is 0 Å². The second-order valence-corrected chi connectivity index (χ2v) is 9.58. The number of hydrogen-bond acceptors (Lipinski definition) is 0. The standard InChI is InChI=1S/C3H10GeSi/c1-2-3-4-5/h2H,1,3-4H2,5H3. The summed E-state index contributed by atoms with van der Waals surface area (Å²) >= 11 is 0.109. The summed E-state index contributed by atoms with van der Waals surface area (Å²) < 4.78 is 0. The summed E-state index contributed by atoms with van der Waals surface area (Å²) in [5, 5.41) is 1.40. The SMILES string of the molecule is C=C[CH2][GeH2][SiH3]. The fraction of sp³-hybridized carbons (Fsp3) is 0.333. The molecule has 0 aliphatic carbocycles. The van der Waals surface area contributed by atoms with Gasteiger partial charge in [-0.1, -0.05) is 0 Å². The summed E-state index contributed by atoms with van der Waals surface area (Å²) in [7, 11) is 1.51. The second kappa shape index (κ2) is 4.50. The first-order valence-electron chi connectivity index (χ1n) is 2.02. The maximum atomic E-state index is 3.62. The summed E-state index contributed by atoms with van der Waals surface area (Å²) in [5.41, 5.74) is 0. The van der Waals surface area contributed by atoms with Crippen LogP contribution in [-0.2, 0) is 0 Å². The number of allylic oxidation sites excluding steroid dienone is 1. The molecule has 0 fully saturated rings. The van der Waals surface area contributed by atoms with Crippen molar-refractivity contribution < 1.29 is 0 Å². The van der Waals surface area contributed by atoms with Crippen molar-refractivity contribution >= 4 is 23.5 Å². The van der Waals surface area contributed by atoms with Crippen molar-refractivity contribution in [3.05, 3.63) is 12.7 Å². The predicted octanol–water partition coefficient (Wildman–Crippen LogP) is -0.960. The zero-order chi connectivity index (χ0) is 4.12. The van der Waals surface area contributed by atoms with Crippen LogP contribution < -0.4 is 0 Å². The third-order valence-electron chi connectivity index (χ3n) is 0.493. The van der Waals surface area contributed by atoms with E-state index in [-0.39, 0.29) is 14.8 Å². The minimum absolute atomic E-state index is 0.109. The Hall–Kier alpha value is 0.500. The Morgan fingerprint density at radius 2 is 2.60 bits per heavy atom. The molecule has 0 saturated heterocycles. The van der Waals surface area contributed by atoms with E-state index < -0.39 is 0 Å². The van der Waals surface area contributed by atoms with Gasteiger partial charge >= 0.3 is 41.5 Å². The normalized spacial score (nSPS) is 10.4. The Labute approximate surface area is 42.0 Å². The summed E-state index contributed by atoms with van der Waals surface area (Å²) in [5.74, 6) is 0. The van der Waals surface area contributed by atoms with Crippen LogP contribution in [0.15, 0.2) is 12.7 Å². The molecule has 0 saturated carbocycles. The average molecular weight is 147 g/mol. The van der Waals surface area contributed by atoms with Gasteiger partial charge in [0.2, 0.25) is 0 Å². The van der Waals surface area contributed by atoms with E-state index in [1.165, 1.54) is 14.0 Å². The molecule has 0 aromatic carbocycles. The first kappa shape index (κ1) is 5.50. The van der Waals surface area contributed by atoms with Gasteiger partial charge in [-0.15, -0.1) is 0 Å². The summed E-state index contributed by atoms with van der Waals surface area (Å²) in [6.07, 6.45) is 2.05. The third-order valence-corrected chi connectivity index (χ3v) is 5.56. The summed E-state index contributed by atoms with van der Waals surface area (Å²) in [6.45, 7) is 3.62. The zero-order valence-electron chi connectivity index (χ0n) is 3.70. The molecule has 2 heteroatoms.